The third-order valence-electron chi connectivity index (χ3n) is 3.91. The lowest BCUT2D eigenvalue weighted by Gasteiger charge is -2.18. The lowest BCUT2D eigenvalue weighted by Crippen LogP contribution is -2.24. The number of rotatable bonds is 7. The molecule has 0 radical (unpaired) electrons. The standard InChI is InChI=1S/C19H19N3O4S2/c1-3-25-18(24)14(10-13-7-5-4-6-8-13)22-17(23)15(28-19(22)27)11-20-16-9-12(2)26-21-16/h4-9,11,14,23H,3,10H2,1-2H3. The fraction of sp³-hybridized carbons (Fsp3) is 0.263. The van der Waals surface area contributed by atoms with E-state index in [2.05, 4.69) is 10.1 Å². The first kappa shape index (κ1) is 20.0. The number of benzene rings is 1. The molecule has 0 saturated heterocycles. The number of carbonyl (C=O) groups excluding carboxylic acids is 1. The first-order chi connectivity index (χ1) is 13.5. The molecule has 2 heterocycles. The highest BCUT2D eigenvalue weighted by Gasteiger charge is 2.27. The summed E-state index contributed by atoms with van der Waals surface area (Å²) in [4.78, 5) is 17.2. The maximum atomic E-state index is 12.6. The van der Waals surface area contributed by atoms with Crippen LogP contribution in [0.15, 0.2) is 45.9 Å². The molecule has 0 amide bonds. The first-order valence-corrected chi connectivity index (χ1v) is 9.84. The minimum atomic E-state index is -0.775. The third-order valence-corrected chi connectivity index (χ3v) is 5.24. The van der Waals surface area contributed by atoms with Crippen molar-refractivity contribution in [2.45, 2.75) is 26.3 Å². The average molecular weight is 418 g/mol. The first-order valence-electron chi connectivity index (χ1n) is 8.61. The maximum Gasteiger partial charge on any atom is 0.329 e. The number of ether oxygens (including phenoxy) is 1. The van der Waals surface area contributed by atoms with Gasteiger partial charge in [0.25, 0.3) is 0 Å². The highest BCUT2D eigenvalue weighted by Crippen LogP contribution is 2.31. The molecule has 28 heavy (non-hydrogen) atoms. The molecular formula is C19H19N3O4S2. The van der Waals surface area contributed by atoms with Crippen molar-refractivity contribution in [3.63, 3.8) is 0 Å². The number of hydrogen-bond donors (Lipinski definition) is 1. The van der Waals surface area contributed by atoms with E-state index >= 15 is 0 Å². The molecule has 7 nitrogen and oxygen atoms in total. The van der Waals surface area contributed by atoms with E-state index in [9.17, 15) is 9.90 Å². The minimum Gasteiger partial charge on any atom is -0.493 e. The van der Waals surface area contributed by atoms with Crippen molar-refractivity contribution in [2.24, 2.45) is 4.99 Å². The summed E-state index contributed by atoms with van der Waals surface area (Å²) in [5.74, 6) is 0.430. The second-order valence-corrected chi connectivity index (χ2v) is 7.61. The second-order valence-electron chi connectivity index (χ2n) is 5.94. The molecule has 0 spiro atoms. The number of aliphatic imine (C=N–C) groups is 1. The largest absolute Gasteiger partial charge is 0.493 e. The molecule has 0 bridgehead atoms. The van der Waals surface area contributed by atoms with Crippen LogP contribution >= 0.6 is 23.6 Å². The molecule has 1 N–H and O–H groups in total. The molecule has 2 aromatic heterocycles. The van der Waals surface area contributed by atoms with E-state index in [1.807, 2.05) is 30.3 Å². The summed E-state index contributed by atoms with van der Waals surface area (Å²) in [6.07, 6.45) is 1.80. The van der Waals surface area contributed by atoms with Crippen LogP contribution in [0, 0.1) is 10.9 Å². The number of aryl methyl sites for hydroxylation is 1. The van der Waals surface area contributed by atoms with Crippen molar-refractivity contribution in [3.05, 3.63) is 56.6 Å². The van der Waals surface area contributed by atoms with Crippen LogP contribution in [0.1, 0.15) is 29.2 Å². The Labute approximate surface area is 170 Å². The molecule has 1 aromatic carbocycles. The zero-order valence-electron chi connectivity index (χ0n) is 15.4. The summed E-state index contributed by atoms with van der Waals surface area (Å²) < 4.78 is 11.9. The van der Waals surface area contributed by atoms with Gasteiger partial charge in [0.1, 0.15) is 16.7 Å². The van der Waals surface area contributed by atoms with E-state index in [1.54, 1.807) is 19.9 Å². The number of aromatic nitrogens is 2. The normalized spacial score (nSPS) is 12.4. The molecule has 3 aromatic rings. The number of aromatic hydroxyl groups is 1. The average Bonchev–Trinajstić information content (AvgIpc) is 3.22. The van der Waals surface area contributed by atoms with Crippen LogP contribution in [0.25, 0.3) is 0 Å². The Hall–Kier alpha value is -2.78. The number of carbonyl (C=O) groups is 1. The van der Waals surface area contributed by atoms with Gasteiger partial charge in [0.05, 0.1) is 12.8 Å². The van der Waals surface area contributed by atoms with Gasteiger partial charge in [0.15, 0.2) is 9.77 Å². The topological polar surface area (TPSA) is 89.9 Å². The Morgan fingerprint density at radius 1 is 1.46 bits per heavy atom. The summed E-state index contributed by atoms with van der Waals surface area (Å²) in [5.41, 5.74) is 0.932. The van der Waals surface area contributed by atoms with Crippen LogP contribution in [-0.2, 0) is 16.0 Å². The van der Waals surface area contributed by atoms with E-state index in [-0.39, 0.29) is 12.5 Å². The van der Waals surface area contributed by atoms with E-state index in [0.717, 1.165) is 16.9 Å². The van der Waals surface area contributed by atoms with Gasteiger partial charge in [-0.05, 0) is 31.6 Å². The van der Waals surface area contributed by atoms with E-state index in [0.29, 0.717) is 26.8 Å². The van der Waals surface area contributed by atoms with Gasteiger partial charge in [-0.3, -0.25) is 4.57 Å². The van der Waals surface area contributed by atoms with Crippen molar-refractivity contribution in [1.29, 1.82) is 0 Å². The quantitative estimate of drug-likeness (QED) is 0.349. The summed E-state index contributed by atoms with van der Waals surface area (Å²) in [7, 11) is 0. The Morgan fingerprint density at radius 3 is 2.86 bits per heavy atom. The van der Waals surface area contributed by atoms with Gasteiger partial charge in [-0.25, -0.2) is 9.79 Å². The monoisotopic (exact) mass is 417 g/mol. The lowest BCUT2D eigenvalue weighted by atomic mass is 10.1. The Bertz CT molecular complexity index is 1040. The van der Waals surface area contributed by atoms with Crippen molar-refractivity contribution in [3.8, 4) is 5.88 Å². The number of nitrogens with zero attached hydrogens (tertiary/aromatic N) is 3. The molecule has 0 fully saturated rings. The second kappa shape index (κ2) is 8.94. The Balaban J connectivity index is 1.95. The molecule has 0 saturated carbocycles. The molecule has 1 unspecified atom stereocenters. The van der Waals surface area contributed by atoms with Gasteiger partial charge in [-0.15, -0.1) is 0 Å². The third kappa shape index (κ3) is 4.55. The predicted molar refractivity (Wildman–Crippen MR) is 109 cm³/mol. The van der Waals surface area contributed by atoms with E-state index in [1.165, 1.54) is 10.8 Å². The van der Waals surface area contributed by atoms with Crippen molar-refractivity contribution >= 4 is 41.6 Å². The molecule has 0 aliphatic rings. The van der Waals surface area contributed by atoms with Crippen molar-refractivity contribution in [1.82, 2.24) is 9.72 Å². The maximum absolute atomic E-state index is 12.6. The van der Waals surface area contributed by atoms with Gasteiger partial charge in [-0.1, -0.05) is 46.8 Å². The van der Waals surface area contributed by atoms with Gasteiger partial charge in [0, 0.05) is 12.5 Å². The molecule has 0 aliphatic carbocycles. The van der Waals surface area contributed by atoms with E-state index < -0.39 is 12.0 Å². The van der Waals surface area contributed by atoms with Crippen molar-refractivity contribution in [2.75, 3.05) is 6.61 Å². The van der Waals surface area contributed by atoms with Gasteiger partial charge in [-0.2, -0.15) is 0 Å². The zero-order valence-corrected chi connectivity index (χ0v) is 17.0. The highest BCUT2D eigenvalue weighted by molar-refractivity contribution is 7.73. The van der Waals surface area contributed by atoms with Crippen LogP contribution < -0.4 is 0 Å². The predicted octanol–water partition coefficient (Wildman–Crippen LogP) is 4.38. The smallest absolute Gasteiger partial charge is 0.329 e. The fourth-order valence-electron chi connectivity index (χ4n) is 2.65. The van der Waals surface area contributed by atoms with Crippen LogP contribution in [0.3, 0.4) is 0 Å². The van der Waals surface area contributed by atoms with Gasteiger partial charge >= 0.3 is 5.97 Å². The zero-order chi connectivity index (χ0) is 20.1. The molecular weight excluding hydrogens is 398 g/mol. The van der Waals surface area contributed by atoms with Crippen LogP contribution in [0.4, 0.5) is 5.82 Å². The van der Waals surface area contributed by atoms with Crippen LogP contribution in [0.2, 0.25) is 0 Å². The van der Waals surface area contributed by atoms with Gasteiger partial charge < -0.3 is 14.4 Å². The molecule has 9 heteroatoms. The summed E-state index contributed by atoms with van der Waals surface area (Å²) in [5, 5.41) is 14.5. The molecule has 3 rings (SSSR count). The molecule has 146 valence electrons. The minimum absolute atomic E-state index is 0.132. The van der Waals surface area contributed by atoms with Gasteiger partial charge in [0.2, 0.25) is 5.88 Å². The Kier molecular flexibility index (Phi) is 6.37. The Morgan fingerprint density at radius 2 is 2.21 bits per heavy atom. The van der Waals surface area contributed by atoms with Crippen LogP contribution in [-0.4, -0.2) is 33.6 Å². The number of hydrogen-bond acceptors (Lipinski definition) is 8. The molecule has 1 atom stereocenters. The lowest BCUT2D eigenvalue weighted by molar-refractivity contribution is -0.147. The summed E-state index contributed by atoms with van der Waals surface area (Å²) >= 11 is 6.56. The summed E-state index contributed by atoms with van der Waals surface area (Å²) in [6, 6.07) is 10.4. The highest BCUT2D eigenvalue weighted by atomic mass is 32.1. The fourth-order valence-corrected chi connectivity index (χ4v) is 3.93. The number of thiazole rings is 1. The van der Waals surface area contributed by atoms with Crippen molar-refractivity contribution < 1.29 is 19.2 Å². The molecule has 0 aliphatic heterocycles. The van der Waals surface area contributed by atoms with E-state index in [4.69, 9.17) is 21.5 Å². The number of esters is 1. The SMILES string of the molecule is CCOC(=O)C(Cc1ccccc1)n1c(O)c(C=Nc2cc(C)on2)sc1=S. The van der Waals surface area contributed by atoms with Crippen LogP contribution in [0.5, 0.6) is 5.88 Å². The summed E-state index contributed by atoms with van der Waals surface area (Å²) in [6.45, 7) is 3.74.